The van der Waals surface area contributed by atoms with Crippen molar-refractivity contribution in [2.24, 2.45) is 0 Å². The van der Waals surface area contributed by atoms with Gasteiger partial charge in [-0.25, -0.2) is 4.79 Å². The number of rotatable bonds is 5. The number of benzene rings is 1. The molecular formula is C14H10Cl2O3S. The molecule has 0 aliphatic rings. The van der Waals surface area contributed by atoms with Crippen LogP contribution in [0.15, 0.2) is 36.4 Å². The van der Waals surface area contributed by atoms with Crippen LogP contribution < -0.4 is 4.74 Å². The molecule has 1 heterocycles. The lowest BCUT2D eigenvalue weighted by Crippen LogP contribution is -1.96. The molecule has 0 bridgehead atoms. The van der Waals surface area contributed by atoms with Crippen molar-refractivity contribution in [2.75, 3.05) is 0 Å². The second-order valence-corrected chi connectivity index (χ2v) is 6.02. The highest BCUT2D eigenvalue weighted by atomic mass is 35.5. The molecule has 0 aliphatic carbocycles. The third kappa shape index (κ3) is 4.00. The normalized spacial score (nSPS) is 10.9. The van der Waals surface area contributed by atoms with Gasteiger partial charge in [-0.05, 0) is 30.3 Å². The molecule has 104 valence electrons. The lowest BCUT2D eigenvalue weighted by atomic mass is 10.2. The van der Waals surface area contributed by atoms with Gasteiger partial charge in [0.05, 0.1) is 9.36 Å². The Balaban J connectivity index is 2.18. The first-order valence-corrected chi connectivity index (χ1v) is 7.20. The van der Waals surface area contributed by atoms with Crippen molar-refractivity contribution in [3.63, 3.8) is 0 Å². The highest BCUT2D eigenvalue weighted by Gasteiger charge is 2.07. The molecule has 1 aromatic carbocycles. The Morgan fingerprint density at radius 1 is 1.30 bits per heavy atom. The largest absolute Gasteiger partial charge is 0.487 e. The summed E-state index contributed by atoms with van der Waals surface area (Å²) in [5.74, 6) is -0.513. The third-order valence-electron chi connectivity index (χ3n) is 2.40. The van der Waals surface area contributed by atoms with Crippen LogP contribution >= 0.6 is 34.5 Å². The number of hydrogen-bond acceptors (Lipinski definition) is 3. The minimum Gasteiger partial charge on any atom is -0.487 e. The lowest BCUT2D eigenvalue weighted by molar-refractivity contribution is -0.131. The van der Waals surface area contributed by atoms with Crippen LogP contribution in [0.3, 0.4) is 0 Å². The second kappa shape index (κ2) is 6.79. The monoisotopic (exact) mass is 328 g/mol. The number of carboxylic acids is 1. The van der Waals surface area contributed by atoms with Gasteiger partial charge in [-0.3, -0.25) is 0 Å². The molecule has 0 atom stereocenters. The first-order valence-electron chi connectivity index (χ1n) is 5.63. The van der Waals surface area contributed by atoms with Crippen molar-refractivity contribution in [1.29, 1.82) is 0 Å². The van der Waals surface area contributed by atoms with Gasteiger partial charge in [0.25, 0.3) is 0 Å². The number of ether oxygens (including phenoxy) is 1. The Labute approximate surface area is 130 Å². The number of aliphatic carboxylic acids is 1. The maximum atomic E-state index is 10.6. The van der Waals surface area contributed by atoms with Crippen LogP contribution in [-0.4, -0.2) is 11.1 Å². The summed E-state index contributed by atoms with van der Waals surface area (Å²) in [6.45, 7) is 0.353. The lowest BCUT2D eigenvalue weighted by Gasteiger charge is -2.09. The summed E-state index contributed by atoms with van der Waals surface area (Å²) >= 11 is 13.3. The molecule has 0 fully saturated rings. The summed E-state index contributed by atoms with van der Waals surface area (Å²) in [4.78, 5) is 11.6. The van der Waals surface area contributed by atoms with Crippen LogP contribution in [0.2, 0.25) is 9.36 Å². The van der Waals surface area contributed by atoms with E-state index in [4.69, 9.17) is 33.0 Å². The third-order valence-corrected chi connectivity index (χ3v) is 3.94. The summed E-state index contributed by atoms with van der Waals surface area (Å²) in [6.07, 6.45) is 2.44. The molecule has 0 amide bonds. The van der Waals surface area contributed by atoms with Crippen molar-refractivity contribution >= 4 is 46.6 Å². The zero-order valence-electron chi connectivity index (χ0n) is 10.2. The van der Waals surface area contributed by atoms with Crippen molar-refractivity contribution in [3.05, 3.63) is 56.2 Å². The van der Waals surface area contributed by atoms with Gasteiger partial charge in [-0.2, -0.15) is 0 Å². The maximum absolute atomic E-state index is 10.6. The Bertz CT molecular complexity index is 650. The van der Waals surface area contributed by atoms with E-state index in [0.717, 1.165) is 11.0 Å². The number of halogens is 2. The molecule has 20 heavy (non-hydrogen) atoms. The topological polar surface area (TPSA) is 46.5 Å². The maximum Gasteiger partial charge on any atom is 0.328 e. The zero-order chi connectivity index (χ0) is 14.5. The molecule has 0 radical (unpaired) electrons. The van der Waals surface area contributed by atoms with Crippen LogP contribution in [0.4, 0.5) is 0 Å². The molecule has 2 rings (SSSR count). The van der Waals surface area contributed by atoms with Gasteiger partial charge >= 0.3 is 5.97 Å². The number of carboxylic acid groups (broad SMARTS) is 1. The molecule has 0 saturated heterocycles. The quantitative estimate of drug-likeness (QED) is 0.807. The first kappa shape index (κ1) is 14.9. The molecule has 0 aliphatic heterocycles. The van der Waals surface area contributed by atoms with E-state index in [1.54, 1.807) is 24.3 Å². The van der Waals surface area contributed by atoms with Crippen molar-refractivity contribution in [1.82, 2.24) is 0 Å². The minimum absolute atomic E-state index is 0.353. The van der Waals surface area contributed by atoms with Gasteiger partial charge in [-0.1, -0.05) is 29.3 Å². The van der Waals surface area contributed by atoms with E-state index >= 15 is 0 Å². The Hall–Kier alpha value is -1.49. The first-order chi connectivity index (χ1) is 9.56. The molecular weight excluding hydrogens is 319 g/mol. The highest BCUT2D eigenvalue weighted by Crippen LogP contribution is 2.29. The Kier molecular flexibility index (Phi) is 5.06. The van der Waals surface area contributed by atoms with Crippen LogP contribution in [0.25, 0.3) is 6.08 Å². The van der Waals surface area contributed by atoms with E-state index in [9.17, 15) is 4.79 Å². The van der Waals surface area contributed by atoms with Crippen LogP contribution in [-0.2, 0) is 11.4 Å². The fourth-order valence-corrected chi connectivity index (χ4v) is 2.77. The minimum atomic E-state index is -1.04. The average molecular weight is 329 g/mol. The molecule has 6 heteroatoms. The second-order valence-electron chi connectivity index (χ2n) is 3.82. The molecule has 0 spiro atoms. The van der Waals surface area contributed by atoms with Crippen LogP contribution in [0.5, 0.6) is 5.75 Å². The van der Waals surface area contributed by atoms with E-state index in [1.165, 1.54) is 17.4 Å². The SMILES string of the molecule is O=C(O)/C=C/c1c(Cl)cccc1OCc1ccc(Cl)s1. The fourth-order valence-electron chi connectivity index (χ4n) is 1.54. The van der Waals surface area contributed by atoms with Gasteiger partial charge in [-0.15, -0.1) is 11.3 Å². The summed E-state index contributed by atoms with van der Waals surface area (Å²) in [7, 11) is 0. The van der Waals surface area contributed by atoms with Crippen molar-refractivity contribution in [2.45, 2.75) is 6.61 Å². The molecule has 1 aromatic heterocycles. The molecule has 2 aromatic rings. The fraction of sp³-hybridized carbons (Fsp3) is 0.0714. The smallest absolute Gasteiger partial charge is 0.328 e. The number of thiophene rings is 1. The van der Waals surface area contributed by atoms with Gasteiger partial charge in [0, 0.05) is 16.5 Å². The predicted octanol–water partition coefficient (Wildman–Crippen LogP) is 4.73. The predicted molar refractivity (Wildman–Crippen MR) is 81.8 cm³/mol. The number of carbonyl (C=O) groups is 1. The van der Waals surface area contributed by atoms with Gasteiger partial charge in [0.2, 0.25) is 0 Å². The molecule has 3 nitrogen and oxygen atoms in total. The summed E-state index contributed by atoms with van der Waals surface area (Å²) in [6, 6.07) is 8.84. The highest BCUT2D eigenvalue weighted by molar-refractivity contribution is 7.16. The van der Waals surface area contributed by atoms with E-state index in [2.05, 4.69) is 0 Å². The standard InChI is InChI=1S/C14H10Cl2O3S/c15-11-2-1-3-12(10(11)5-7-14(17)18)19-8-9-4-6-13(16)20-9/h1-7H,8H2,(H,17,18)/b7-5+. The summed E-state index contributed by atoms with van der Waals surface area (Å²) < 4.78 is 6.37. The van der Waals surface area contributed by atoms with Crippen molar-refractivity contribution in [3.8, 4) is 5.75 Å². The van der Waals surface area contributed by atoms with Crippen LogP contribution in [0, 0.1) is 0 Å². The van der Waals surface area contributed by atoms with Gasteiger partial charge in [0.15, 0.2) is 0 Å². The van der Waals surface area contributed by atoms with E-state index < -0.39 is 5.97 Å². The van der Waals surface area contributed by atoms with E-state index in [0.29, 0.717) is 27.3 Å². The van der Waals surface area contributed by atoms with Crippen molar-refractivity contribution < 1.29 is 14.6 Å². The van der Waals surface area contributed by atoms with E-state index in [1.807, 2.05) is 6.07 Å². The Morgan fingerprint density at radius 3 is 2.75 bits per heavy atom. The molecule has 0 unspecified atom stereocenters. The van der Waals surface area contributed by atoms with Gasteiger partial charge in [0.1, 0.15) is 12.4 Å². The number of hydrogen-bond donors (Lipinski definition) is 1. The van der Waals surface area contributed by atoms with E-state index in [-0.39, 0.29) is 0 Å². The summed E-state index contributed by atoms with van der Waals surface area (Å²) in [5, 5.41) is 9.12. The van der Waals surface area contributed by atoms with Gasteiger partial charge < -0.3 is 9.84 Å². The average Bonchev–Trinajstić information content (AvgIpc) is 2.81. The van der Waals surface area contributed by atoms with Crippen LogP contribution in [0.1, 0.15) is 10.4 Å². The summed E-state index contributed by atoms with van der Waals surface area (Å²) in [5.41, 5.74) is 0.541. The zero-order valence-corrected chi connectivity index (χ0v) is 12.5. The molecule has 1 N–H and O–H groups in total. The Morgan fingerprint density at radius 2 is 2.10 bits per heavy atom. The molecule has 0 saturated carbocycles.